The average molecular weight is 363 g/mol. The molecule has 0 spiro atoms. The lowest BCUT2D eigenvalue weighted by Crippen LogP contribution is -2.49. The van der Waals surface area contributed by atoms with E-state index in [-0.39, 0.29) is 5.82 Å². The van der Waals surface area contributed by atoms with Crippen LogP contribution in [0.15, 0.2) is 36.5 Å². The molecule has 0 atom stereocenters. The lowest BCUT2D eigenvalue weighted by atomic mass is 10.1. The lowest BCUT2D eigenvalue weighted by molar-refractivity contribution is -0.132. The van der Waals surface area contributed by atoms with Crippen LogP contribution < -0.4 is 4.90 Å². The molecule has 0 N–H and O–H groups in total. The molecule has 5 heteroatoms. The van der Waals surface area contributed by atoms with Crippen molar-refractivity contribution < 1.29 is 9.18 Å². The molecule has 1 saturated carbocycles. The van der Waals surface area contributed by atoms with Crippen LogP contribution in [0.2, 0.25) is 0 Å². The van der Waals surface area contributed by atoms with Crippen molar-refractivity contribution in [3.63, 3.8) is 0 Å². The Morgan fingerprint density at radius 2 is 1.78 bits per heavy atom. The number of hydrogen-bond donors (Lipinski definition) is 0. The first-order valence-electron chi connectivity index (χ1n) is 9.67. The molecule has 5 rings (SSSR count). The number of halogens is 1. The number of carbonyl (C=O) groups excluding carboxylic acids is 1. The maximum Gasteiger partial charge on any atom is 0.225 e. The van der Waals surface area contributed by atoms with Gasteiger partial charge in [-0.2, -0.15) is 0 Å². The molecule has 27 heavy (non-hydrogen) atoms. The van der Waals surface area contributed by atoms with Crippen LogP contribution >= 0.6 is 0 Å². The van der Waals surface area contributed by atoms with Crippen LogP contribution in [0.25, 0.3) is 11.6 Å². The number of amides is 1. The topological polar surface area (TPSA) is 36.4 Å². The van der Waals surface area contributed by atoms with Gasteiger partial charge in [0.1, 0.15) is 5.82 Å². The van der Waals surface area contributed by atoms with Gasteiger partial charge >= 0.3 is 0 Å². The zero-order chi connectivity index (χ0) is 18.4. The first kappa shape index (κ1) is 16.5. The number of allylic oxidation sites excluding steroid dienone is 1. The fraction of sp³-hybridized carbons (Fsp3) is 0.364. The lowest BCUT2D eigenvalue weighted by Gasteiger charge is -2.37. The van der Waals surface area contributed by atoms with Gasteiger partial charge in [0.15, 0.2) is 0 Å². The summed E-state index contributed by atoms with van der Waals surface area (Å²) in [6, 6.07) is 8.73. The maximum atomic E-state index is 13.2. The van der Waals surface area contributed by atoms with Gasteiger partial charge in [-0.3, -0.25) is 9.78 Å². The van der Waals surface area contributed by atoms with Crippen molar-refractivity contribution in [3.8, 4) is 0 Å². The minimum absolute atomic E-state index is 0.215. The van der Waals surface area contributed by atoms with E-state index in [0.717, 1.165) is 56.7 Å². The van der Waals surface area contributed by atoms with E-state index in [1.165, 1.54) is 29.0 Å². The van der Waals surface area contributed by atoms with Crippen LogP contribution in [-0.4, -0.2) is 42.0 Å². The van der Waals surface area contributed by atoms with Crippen molar-refractivity contribution in [1.29, 1.82) is 0 Å². The number of rotatable bonds is 3. The number of piperazine rings is 1. The quantitative estimate of drug-likeness (QED) is 0.839. The summed E-state index contributed by atoms with van der Waals surface area (Å²) < 4.78 is 13.2. The molecule has 1 saturated heterocycles. The van der Waals surface area contributed by atoms with E-state index >= 15 is 0 Å². The average Bonchev–Trinajstić information content (AvgIpc) is 3.46. The van der Waals surface area contributed by atoms with Gasteiger partial charge in [0.05, 0.1) is 5.69 Å². The van der Waals surface area contributed by atoms with Crippen molar-refractivity contribution in [2.24, 2.45) is 5.92 Å². The van der Waals surface area contributed by atoms with Gasteiger partial charge in [-0.25, -0.2) is 4.39 Å². The molecular weight excluding hydrogens is 341 g/mol. The second kappa shape index (κ2) is 6.48. The highest BCUT2D eigenvalue weighted by Crippen LogP contribution is 2.37. The monoisotopic (exact) mass is 363 g/mol. The van der Waals surface area contributed by atoms with Crippen molar-refractivity contribution in [1.82, 2.24) is 9.88 Å². The number of hydrogen-bond acceptors (Lipinski definition) is 3. The largest absolute Gasteiger partial charge is 0.367 e. The van der Waals surface area contributed by atoms with Gasteiger partial charge in [-0.1, -0.05) is 12.1 Å². The number of aromatic nitrogens is 1. The molecule has 1 aromatic heterocycles. The molecule has 2 aliphatic carbocycles. The number of fused-ring (bicyclic) bond motifs is 1. The predicted octanol–water partition coefficient (Wildman–Crippen LogP) is 3.38. The zero-order valence-electron chi connectivity index (χ0n) is 15.2. The van der Waals surface area contributed by atoms with E-state index in [4.69, 9.17) is 0 Å². The van der Waals surface area contributed by atoms with Crippen LogP contribution in [-0.2, 0) is 11.2 Å². The van der Waals surface area contributed by atoms with Gasteiger partial charge in [-0.05, 0) is 48.3 Å². The minimum atomic E-state index is -0.215. The second-order valence-electron chi connectivity index (χ2n) is 7.63. The first-order chi connectivity index (χ1) is 13.2. The van der Waals surface area contributed by atoms with Crippen molar-refractivity contribution in [3.05, 3.63) is 59.2 Å². The fourth-order valence-corrected chi connectivity index (χ4v) is 4.09. The molecule has 4 nitrogen and oxygen atoms in total. The summed E-state index contributed by atoms with van der Waals surface area (Å²) in [7, 11) is 0. The van der Waals surface area contributed by atoms with Gasteiger partial charge in [-0.15, -0.1) is 0 Å². The Hall–Kier alpha value is -2.69. The van der Waals surface area contributed by atoms with Crippen LogP contribution in [0.5, 0.6) is 0 Å². The van der Waals surface area contributed by atoms with Gasteiger partial charge < -0.3 is 9.80 Å². The number of nitrogens with zero attached hydrogens (tertiary/aromatic N) is 3. The molecule has 2 heterocycles. The van der Waals surface area contributed by atoms with E-state index in [2.05, 4.69) is 22.0 Å². The molecule has 0 unspecified atom stereocenters. The van der Waals surface area contributed by atoms with Crippen LogP contribution in [0.3, 0.4) is 0 Å². The minimum Gasteiger partial charge on any atom is -0.367 e. The fourth-order valence-electron chi connectivity index (χ4n) is 4.09. The van der Waals surface area contributed by atoms with E-state index in [1.807, 2.05) is 23.2 Å². The highest BCUT2D eigenvalue weighted by molar-refractivity contribution is 5.92. The van der Waals surface area contributed by atoms with Crippen molar-refractivity contribution in [2.75, 3.05) is 31.1 Å². The van der Waals surface area contributed by atoms with Crippen LogP contribution in [0, 0.1) is 11.7 Å². The van der Waals surface area contributed by atoms with Crippen LogP contribution in [0.1, 0.15) is 29.7 Å². The third-order valence-electron chi connectivity index (χ3n) is 5.80. The number of anilines is 1. The van der Waals surface area contributed by atoms with Crippen molar-refractivity contribution >= 4 is 23.2 Å². The second-order valence-corrected chi connectivity index (χ2v) is 7.63. The maximum absolute atomic E-state index is 13.2. The zero-order valence-corrected chi connectivity index (χ0v) is 15.2. The summed E-state index contributed by atoms with van der Waals surface area (Å²) in [5.41, 5.74) is 5.64. The number of carbonyl (C=O) groups is 1. The molecule has 0 bridgehead atoms. The SMILES string of the molecule is O=C(C1CC1)N1CCN(c2ccnc3c2C=C(c2ccc(F)cc2)C3)CC1. The Kier molecular flexibility index (Phi) is 3.96. The Morgan fingerprint density at radius 3 is 2.48 bits per heavy atom. The molecule has 1 aromatic carbocycles. The van der Waals surface area contributed by atoms with E-state index in [0.29, 0.717) is 11.8 Å². The Balaban J connectivity index is 1.36. The summed E-state index contributed by atoms with van der Waals surface area (Å²) in [5, 5.41) is 0. The first-order valence-corrected chi connectivity index (χ1v) is 9.67. The summed E-state index contributed by atoms with van der Waals surface area (Å²) in [6.07, 6.45) is 6.96. The predicted molar refractivity (Wildman–Crippen MR) is 104 cm³/mol. The summed E-state index contributed by atoms with van der Waals surface area (Å²) in [6.45, 7) is 3.30. The molecule has 138 valence electrons. The molecule has 0 radical (unpaired) electrons. The third kappa shape index (κ3) is 3.11. The van der Waals surface area contributed by atoms with Gasteiger partial charge in [0.2, 0.25) is 5.91 Å². The van der Waals surface area contributed by atoms with Crippen molar-refractivity contribution in [2.45, 2.75) is 19.3 Å². The Bertz CT molecular complexity index is 910. The molecule has 1 amide bonds. The smallest absolute Gasteiger partial charge is 0.225 e. The summed E-state index contributed by atoms with van der Waals surface area (Å²) in [4.78, 5) is 21.2. The van der Waals surface area contributed by atoms with Crippen LogP contribution in [0.4, 0.5) is 10.1 Å². The number of benzene rings is 1. The van der Waals surface area contributed by atoms with Gasteiger partial charge in [0.25, 0.3) is 0 Å². The van der Waals surface area contributed by atoms with E-state index in [1.54, 1.807) is 0 Å². The highest BCUT2D eigenvalue weighted by Gasteiger charge is 2.35. The molecule has 3 aliphatic rings. The third-order valence-corrected chi connectivity index (χ3v) is 5.80. The Labute approximate surface area is 158 Å². The standard InChI is InChI=1S/C22H22FN3O/c23-18-5-3-15(4-6-18)17-13-19-20(14-17)24-8-7-21(19)25-9-11-26(12-10-25)22(27)16-1-2-16/h3-8,13,16H,1-2,9-12,14H2. The summed E-state index contributed by atoms with van der Waals surface area (Å²) in [5.74, 6) is 0.420. The number of pyridine rings is 1. The van der Waals surface area contributed by atoms with Gasteiger partial charge in [0, 0.05) is 56.0 Å². The van der Waals surface area contributed by atoms with E-state index < -0.39 is 0 Å². The molecule has 2 fully saturated rings. The molecule has 2 aromatic rings. The molecular formula is C22H22FN3O. The normalized spacial score (nSPS) is 19.1. The summed E-state index contributed by atoms with van der Waals surface area (Å²) >= 11 is 0. The Morgan fingerprint density at radius 1 is 1.04 bits per heavy atom. The molecule has 1 aliphatic heterocycles. The highest BCUT2D eigenvalue weighted by atomic mass is 19.1. The van der Waals surface area contributed by atoms with E-state index in [9.17, 15) is 9.18 Å².